The van der Waals surface area contributed by atoms with E-state index in [2.05, 4.69) is 0 Å². The fourth-order valence-electron chi connectivity index (χ4n) is 0.470. The van der Waals surface area contributed by atoms with Crippen LogP contribution in [0.2, 0.25) is 0 Å². The smallest absolute Gasteiger partial charge is 0.171 e. The fourth-order valence-corrected chi connectivity index (χ4v) is 0.470. The Labute approximate surface area is 53.1 Å². The Bertz CT molecular complexity index is 65.2. The van der Waals surface area contributed by atoms with Crippen molar-refractivity contribution < 1.29 is 13.2 Å². The van der Waals surface area contributed by atoms with Crippen molar-refractivity contribution >= 4 is 0 Å². The lowest BCUT2D eigenvalue weighted by molar-refractivity contribution is -0.134. The van der Waals surface area contributed by atoms with Gasteiger partial charge in [-0.15, -0.1) is 0 Å². The molecule has 0 amide bonds. The summed E-state index contributed by atoms with van der Waals surface area (Å²) in [4.78, 5) is 0. The molecule has 3 heteroatoms. The first-order chi connectivity index (χ1) is 4.06. The molecule has 0 aliphatic carbocycles. The molecule has 0 aliphatic rings. The third-order valence-corrected chi connectivity index (χ3v) is 0.921. The number of unbranched alkanes of at least 4 members (excludes halogenated alkanes) is 2. The molecule has 0 aromatic rings. The Morgan fingerprint density at radius 1 is 1.33 bits per heavy atom. The van der Waals surface area contributed by atoms with Crippen LogP contribution in [0.15, 0.2) is 0 Å². The molecule has 0 unspecified atom stereocenters. The van der Waals surface area contributed by atoms with Gasteiger partial charge in [-0.3, -0.25) is 0 Å². The molecule has 1 radical (unpaired) electrons. The summed E-state index contributed by atoms with van der Waals surface area (Å²) in [5.74, 6) is 0. The Kier molecular flexibility index (Phi) is 3.66. The minimum absolute atomic E-state index is 0.153. The first-order valence-electron chi connectivity index (χ1n) is 2.94. The second-order valence-corrected chi connectivity index (χ2v) is 1.85. The van der Waals surface area contributed by atoms with Crippen LogP contribution in [0.25, 0.3) is 0 Å². The van der Waals surface area contributed by atoms with Crippen molar-refractivity contribution in [1.29, 1.82) is 0 Å². The maximum Gasteiger partial charge on any atom is 0.389 e. The third-order valence-electron chi connectivity index (χ3n) is 0.921. The van der Waals surface area contributed by atoms with Crippen LogP contribution >= 0.6 is 0 Å². The van der Waals surface area contributed by atoms with E-state index in [-0.39, 0.29) is 6.42 Å². The summed E-state index contributed by atoms with van der Waals surface area (Å²) in [6, 6.07) is 0. The molecule has 0 aromatic carbocycles. The van der Waals surface area contributed by atoms with E-state index in [0.717, 1.165) is 6.42 Å². The van der Waals surface area contributed by atoms with Crippen LogP contribution in [0.5, 0.6) is 0 Å². The molecule has 0 bridgehead atoms. The Morgan fingerprint density at radius 2 is 1.89 bits per heavy atom. The molecule has 0 saturated heterocycles. The van der Waals surface area contributed by atoms with Crippen LogP contribution in [0.3, 0.4) is 0 Å². The molecule has 0 fully saturated rings. The molecular formula is C6H10F3. The Morgan fingerprint density at radius 3 is 2.22 bits per heavy atom. The van der Waals surface area contributed by atoms with E-state index in [9.17, 15) is 13.2 Å². The van der Waals surface area contributed by atoms with Crippen molar-refractivity contribution in [1.82, 2.24) is 0 Å². The topological polar surface area (TPSA) is 0 Å². The van der Waals surface area contributed by atoms with Gasteiger partial charge in [0.05, 0.1) is 0 Å². The maximum absolute atomic E-state index is 11.4. The van der Waals surface area contributed by atoms with Gasteiger partial charge in [-0.25, -0.2) is 0 Å². The van der Waals surface area contributed by atoms with Gasteiger partial charge in [0, 0.05) is 6.42 Å². The average Bonchev–Trinajstić information content (AvgIpc) is 1.63. The molecule has 0 saturated carbocycles. The standard InChI is InChI=1S/C6H10F3/c1-2-3-4-5-6(7,8)9/h3H,2,4-5H2,1H3. The molecule has 0 aliphatic heterocycles. The Hall–Kier alpha value is -0.210. The number of alkyl halides is 3. The van der Waals surface area contributed by atoms with Crippen LogP contribution in [0.1, 0.15) is 26.2 Å². The van der Waals surface area contributed by atoms with Gasteiger partial charge >= 0.3 is 6.18 Å². The van der Waals surface area contributed by atoms with E-state index in [1.165, 1.54) is 0 Å². The van der Waals surface area contributed by atoms with Gasteiger partial charge in [0.2, 0.25) is 0 Å². The molecule has 0 N–H and O–H groups in total. The van der Waals surface area contributed by atoms with Gasteiger partial charge in [0.25, 0.3) is 0 Å². The molecule has 9 heavy (non-hydrogen) atoms. The monoisotopic (exact) mass is 139 g/mol. The van der Waals surface area contributed by atoms with Gasteiger partial charge in [-0.1, -0.05) is 13.3 Å². The highest BCUT2D eigenvalue weighted by atomic mass is 19.4. The van der Waals surface area contributed by atoms with Gasteiger partial charge in [-0.05, 0) is 12.8 Å². The summed E-state index contributed by atoms with van der Waals surface area (Å²) in [6.45, 7) is 1.83. The van der Waals surface area contributed by atoms with Gasteiger partial charge in [-0.2, -0.15) is 13.2 Å². The fraction of sp³-hybridized carbons (Fsp3) is 0.833. The SMILES string of the molecule is CC[CH]CCC(F)(F)F. The van der Waals surface area contributed by atoms with Gasteiger partial charge in [0.1, 0.15) is 0 Å². The van der Waals surface area contributed by atoms with Crippen molar-refractivity contribution in [3.8, 4) is 0 Å². The summed E-state index contributed by atoms with van der Waals surface area (Å²) in [7, 11) is 0. The lowest BCUT2D eigenvalue weighted by Crippen LogP contribution is -2.06. The van der Waals surface area contributed by atoms with Crippen molar-refractivity contribution in [2.75, 3.05) is 0 Å². The number of rotatable bonds is 3. The second-order valence-electron chi connectivity index (χ2n) is 1.85. The molecule has 55 valence electrons. The average molecular weight is 139 g/mol. The lowest BCUT2D eigenvalue weighted by atomic mass is 10.2. The molecule has 0 nitrogen and oxygen atoms in total. The molecule has 0 rings (SSSR count). The largest absolute Gasteiger partial charge is 0.389 e. The number of halogens is 3. The quantitative estimate of drug-likeness (QED) is 0.527. The van der Waals surface area contributed by atoms with Crippen LogP contribution in [0.4, 0.5) is 13.2 Å². The predicted octanol–water partition coefficient (Wildman–Crippen LogP) is 2.94. The predicted molar refractivity (Wildman–Crippen MR) is 29.9 cm³/mol. The van der Waals surface area contributed by atoms with Crippen LogP contribution in [-0.4, -0.2) is 6.18 Å². The van der Waals surface area contributed by atoms with E-state index >= 15 is 0 Å². The van der Waals surface area contributed by atoms with Gasteiger partial charge < -0.3 is 0 Å². The highest BCUT2D eigenvalue weighted by Gasteiger charge is 2.25. The van der Waals surface area contributed by atoms with Crippen LogP contribution in [-0.2, 0) is 0 Å². The van der Waals surface area contributed by atoms with E-state index in [4.69, 9.17) is 0 Å². The van der Waals surface area contributed by atoms with Crippen molar-refractivity contribution in [3.05, 3.63) is 6.42 Å². The first-order valence-corrected chi connectivity index (χ1v) is 2.94. The minimum Gasteiger partial charge on any atom is -0.171 e. The molecule has 0 spiro atoms. The molecular weight excluding hydrogens is 129 g/mol. The first kappa shape index (κ1) is 8.79. The summed E-state index contributed by atoms with van der Waals surface area (Å²) in [5.41, 5.74) is 0. The zero-order valence-corrected chi connectivity index (χ0v) is 5.33. The van der Waals surface area contributed by atoms with Crippen molar-refractivity contribution in [2.45, 2.75) is 32.4 Å². The van der Waals surface area contributed by atoms with Crippen molar-refractivity contribution in [3.63, 3.8) is 0 Å². The van der Waals surface area contributed by atoms with E-state index in [1.807, 2.05) is 6.92 Å². The molecule has 0 atom stereocenters. The van der Waals surface area contributed by atoms with E-state index in [0.29, 0.717) is 0 Å². The van der Waals surface area contributed by atoms with Crippen LogP contribution in [0, 0.1) is 6.42 Å². The maximum atomic E-state index is 11.4. The van der Waals surface area contributed by atoms with Gasteiger partial charge in [0.15, 0.2) is 0 Å². The van der Waals surface area contributed by atoms with E-state index in [1.54, 1.807) is 6.42 Å². The normalized spacial score (nSPS) is 12.0. The van der Waals surface area contributed by atoms with Crippen molar-refractivity contribution in [2.24, 2.45) is 0 Å². The minimum atomic E-state index is -3.98. The van der Waals surface area contributed by atoms with E-state index < -0.39 is 12.6 Å². The highest BCUT2D eigenvalue weighted by molar-refractivity contribution is 4.63. The summed E-state index contributed by atoms with van der Waals surface area (Å²) < 4.78 is 34.1. The third kappa shape index (κ3) is 7.79. The zero-order valence-electron chi connectivity index (χ0n) is 5.33. The van der Waals surface area contributed by atoms with Crippen LogP contribution < -0.4 is 0 Å². The zero-order chi connectivity index (χ0) is 7.33. The molecule has 0 aromatic heterocycles. The highest BCUT2D eigenvalue weighted by Crippen LogP contribution is 2.21. The summed E-state index contributed by atoms with van der Waals surface area (Å²) >= 11 is 0. The number of hydrogen-bond acceptors (Lipinski definition) is 0. The number of hydrogen-bond donors (Lipinski definition) is 0. The summed E-state index contributed by atoms with van der Waals surface area (Å²) in [5, 5.41) is 0. The molecule has 0 heterocycles. The Balaban J connectivity index is 3.07. The lowest BCUT2D eigenvalue weighted by Gasteiger charge is -2.03. The second kappa shape index (κ2) is 3.75. The summed E-state index contributed by atoms with van der Waals surface area (Å²) in [6.07, 6.45) is -2.16.